The lowest BCUT2D eigenvalue weighted by molar-refractivity contribution is -0.129. The molecule has 3 atom stereocenters. The van der Waals surface area contributed by atoms with Crippen LogP contribution < -0.4 is 10.0 Å². The van der Waals surface area contributed by atoms with Crippen molar-refractivity contribution in [3.8, 4) is 0 Å². The van der Waals surface area contributed by atoms with Gasteiger partial charge in [-0.05, 0) is 50.7 Å². The van der Waals surface area contributed by atoms with E-state index in [0.717, 1.165) is 25.7 Å². The van der Waals surface area contributed by atoms with E-state index in [-0.39, 0.29) is 42.0 Å². The highest BCUT2D eigenvalue weighted by Gasteiger charge is 2.36. The zero-order chi connectivity index (χ0) is 19.4. The molecule has 0 radical (unpaired) electrons. The van der Waals surface area contributed by atoms with Gasteiger partial charge in [-0.1, -0.05) is 18.2 Å². The first-order valence-corrected chi connectivity index (χ1v) is 11.0. The Bertz CT molecular complexity index is 763. The number of aliphatic hydroxyl groups excluding tert-OH is 1. The monoisotopic (exact) mass is 396 g/mol. The van der Waals surface area contributed by atoms with Crippen LogP contribution in [-0.4, -0.2) is 50.8 Å². The van der Waals surface area contributed by atoms with Crippen LogP contribution in [0.3, 0.4) is 0 Å². The Morgan fingerprint density at radius 2 is 1.96 bits per heavy atom. The van der Waals surface area contributed by atoms with Gasteiger partial charge in [0.1, 0.15) is 6.10 Å². The summed E-state index contributed by atoms with van der Waals surface area (Å²) in [4.78, 5) is 12.2. The van der Waals surface area contributed by atoms with Crippen LogP contribution in [0.4, 0.5) is 0 Å². The summed E-state index contributed by atoms with van der Waals surface area (Å²) in [5.74, 6) is 0.171. The number of benzene rings is 1. The second-order valence-electron chi connectivity index (χ2n) is 7.40. The Labute approximate surface area is 160 Å². The molecule has 1 amide bonds. The molecule has 2 fully saturated rings. The summed E-state index contributed by atoms with van der Waals surface area (Å²) in [6.45, 7) is 1.86. The maximum atomic E-state index is 12.4. The summed E-state index contributed by atoms with van der Waals surface area (Å²) < 4.78 is 33.4. The summed E-state index contributed by atoms with van der Waals surface area (Å²) in [6.07, 6.45) is 3.25. The van der Waals surface area contributed by atoms with E-state index in [4.69, 9.17) is 4.74 Å². The lowest BCUT2D eigenvalue weighted by Gasteiger charge is -2.36. The van der Waals surface area contributed by atoms with Crippen LogP contribution in [0.1, 0.15) is 37.7 Å². The average Bonchev–Trinajstić information content (AvgIpc) is 3.48. The third kappa shape index (κ3) is 5.28. The van der Waals surface area contributed by atoms with E-state index in [0.29, 0.717) is 12.0 Å². The Morgan fingerprint density at radius 1 is 1.22 bits per heavy atom. The van der Waals surface area contributed by atoms with Gasteiger partial charge in [0.05, 0.1) is 23.6 Å². The van der Waals surface area contributed by atoms with E-state index < -0.39 is 16.1 Å². The molecule has 0 aromatic heterocycles. The van der Waals surface area contributed by atoms with E-state index >= 15 is 0 Å². The van der Waals surface area contributed by atoms with Crippen LogP contribution in [0, 0.1) is 12.8 Å². The third-order valence-electron chi connectivity index (χ3n) is 5.21. The normalized spacial score (nSPS) is 25.9. The van der Waals surface area contributed by atoms with E-state index in [1.807, 2.05) is 0 Å². The predicted octanol–water partition coefficient (Wildman–Crippen LogP) is 1.10. The molecule has 1 aliphatic heterocycles. The fourth-order valence-corrected chi connectivity index (χ4v) is 4.74. The van der Waals surface area contributed by atoms with Gasteiger partial charge in [-0.2, -0.15) is 0 Å². The highest BCUT2D eigenvalue weighted by Crippen LogP contribution is 2.30. The average molecular weight is 397 g/mol. The molecule has 1 aromatic rings. The molecule has 3 N–H and O–H groups in total. The van der Waals surface area contributed by atoms with Gasteiger partial charge < -0.3 is 15.2 Å². The predicted molar refractivity (Wildman–Crippen MR) is 101 cm³/mol. The second kappa shape index (κ2) is 8.68. The van der Waals surface area contributed by atoms with Crippen LogP contribution in [0.5, 0.6) is 0 Å². The zero-order valence-corrected chi connectivity index (χ0v) is 16.4. The van der Waals surface area contributed by atoms with Crippen molar-refractivity contribution in [3.05, 3.63) is 29.8 Å². The molecule has 0 spiro atoms. The van der Waals surface area contributed by atoms with E-state index in [1.54, 1.807) is 31.2 Å². The Hall–Kier alpha value is -1.48. The molecule has 7 nitrogen and oxygen atoms in total. The number of sulfonamides is 1. The van der Waals surface area contributed by atoms with Crippen molar-refractivity contribution in [2.75, 3.05) is 13.2 Å². The summed E-state index contributed by atoms with van der Waals surface area (Å²) in [5, 5.41) is 12.6. The Morgan fingerprint density at radius 3 is 2.63 bits per heavy atom. The first kappa shape index (κ1) is 20.3. The molecule has 1 saturated heterocycles. The van der Waals surface area contributed by atoms with Gasteiger partial charge in [-0.3, -0.25) is 4.79 Å². The number of hydrogen-bond donors (Lipinski definition) is 3. The lowest BCUT2D eigenvalue weighted by Crippen LogP contribution is -2.51. The number of aryl methyl sites for hydroxylation is 1. The first-order chi connectivity index (χ1) is 12.9. The highest BCUT2D eigenvalue weighted by molar-refractivity contribution is 7.89. The molecule has 150 valence electrons. The van der Waals surface area contributed by atoms with Crippen molar-refractivity contribution >= 4 is 15.9 Å². The molecule has 8 heteroatoms. The van der Waals surface area contributed by atoms with Crippen molar-refractivity contribution in [2.45, 2.75) is 62.2 Å². The van der Waals surface area contributed by atoms with E-state index in [1.165, 1.54) is 0 Å². The van der Waals surface area contributed by atoms with Crippen LogP contribution in [-0.2, 0) is 19.6 Å². The summed E-state index contributed by atoms with van der Waals surface area (Å²) >= 11 is 0. The number of carbonyl (C=O) groups is 1. The minimum Gasteiger partial charge on any atom is -0.394 e. The zero-order valence-electron chi connectivity index (χ0n) is 15.6. The molecule has 3 rings (SSSR count). The van der Waals surface area contributed by atoms with Gasteiger partial charge in [0, 0.05) is 12.5 Å². The lowest BCUT2D eigenvalue weighted by atomic mass is 9.97. The quantitative estimate of drug-likeness (QED) is 0.610. The molecular weight excluding hydrogens is 368 g/mol. The van der Waals surface area contributed by atoms with Gasteiger partial charge in [0.25, 0.3) is 0 Å². The number of nitrogens with one attached hydrogen (secondary N) is 2. The molecule has 1 aromatic carbocycles. The van der Waals surface area contributed by atoms with Gasteiger partial charge in [-0.25, -0.2) is 13.1 Å². The minimum atomic E-state index is -3.55. The highest BCUT2D eigenvalue weighted by atomic mass is 32.2. The molecule has 2 aliphatic rings. The summed E-state index contributed by atoms with van der Waals surface area (Å²) in [6, 6.07) is 6.68. The standard InChI is InChI=1S/C19H28N2O5S/c1-13-4-2-3-5-18(13)27(24,25)20-11-10-15-8-9-16(17(12-22)26-15)21-19(23)14-6-7-14/h2-5,14-17,20,22H,6-12H2,1H3,(H,21,23)/t15-,16-,17+/m1/s1. The van der Waals surface area contributed by atoms with Gasteiger partial charge >= 0.3 is 0 Å². The SMILES string of the molecule is Cc1ccccc1S(=O)(=O)NCC[C@H]1CC[C@@H](NC(=O)C2CC2)[C@H](CO)O1. The van der Waals surface area contributed by atoms with Gasteiger partial charge in [0.15, 0.2) is 0 Å². The first-order valence-electron chi connectivity index (χ1n) is 9.52. The van der Waals surface area contributed by atoms with E-state index in [2.05, 4.69) is 10.0 Å². The molecule has 1 heterocycles. The van der Waals surface area contributed by atoms with Crippen LogP contribution in [0.15, 0.2) is 29.2 Å². The maximum absolute atomic E-state index is 12.4. The van der Waals surface area contributed by atoms with Crippen LogP contribution >= 0.6 is 0 Å². The fraction of sp³-hybridized carbons (Fsp3) is 0.632. The van der Waals surface area contributed by atoms with Crippen molar-refractivity contribution in [1.29, 1.82) is 0 Å². The van der Waals surface area contributed by atoms with Crippen molar-refractivity contribution in [1.82, 2.24) is 10.0 Å². The van der Waals surface area contributed by atoms with Gasteiger partial charge in [0.2, 0.25) is 15.9 Å². The topological polar surface area (TPSA) is 105 Å². The largest absolute Gasteiger partial charge is 0.394 e. The number of hydrogen-bond acceptors (Lipinski definition) is 5. The second-order valence-corrected chi connectivity index (χ2v) is 9.13. The van der Waals surface area contributed by atoms with Crippen molar-refractivity contribution in [2.24, 2.45) is 5.92 Å². The van der Waals surface area contributed by atoms with Crippen molar-refractivity contribution in [3.63, 3.8) is 0 Å². The molecule has 0 unspecified atom stereocenters. The van der Waals surface area contributed by atoms with E-state index in [9.17, 15) is 18.3 Å². The fourth-order valence-electron chi connectivity index (χ4n) is 3.45. The molecule has 27 heavy (non-hydrogen) atoms. The molecule has 1 aliphatic carbocycles. The Kier molecular flexibility index (Phi) is 6.52. The summed E-state index contributed by atoms with van der Waals surface area (Å²) in [7, 11) is -3.55. The maximum Gasteiger partial charge on any atom is 0.240 e. The number of amides is 1. The molecule has 1 saturated carbocycles. The number of carbonyl (C=O) groups excluding carboxylic acids is 1. The van der Waals surface area contributed by atoms with Crippen LogP contribution in [0.2, 0.25) is 0 Å². The number of aliphatic hydroxyl groups is 1. The number of ether oxygens (including phenoxy) is 1. The Balaban J connectivity index is 1.48. The van der Waals surface area contributed by atoms with Gasteiger partial charge in [-0.15, -0.1) is 0 Å². The minimum absolute atomic E-state index is 0.0477. The third-order valence-corrected chi connectivity index (χ3v) is 6.83. The number of rotatable bonds is 8. The molecule has 0 bridgehead atoms. The smallest absolute Gasteiger partial charge is 0.240 e. The van der Waals surface area contributed by atoms with Crippen molar-refractivity contribution < 1.29 is 23.1 Å². The summed E-state index contributed by atoms with van der Waals surface area (Å²) in [5.41, 5.74) is 0.702. The molecular formula is C19H28N2O5S. The van der Waals surface area contributed by atoms with Crippen LogP contribution in [0.25, 0.3) is 0 Å².